The maximum absolute atomic E-state index is 11.8. The first-order chi connectivity index (χ1) is 9.81. The highest BCUT2D eigenvalue weighted by atomic mass is 35.5. The molecule has 3 N–H and O–H groups in total. The quantitative estimate of drug-likeness (QED) is 0.635. The molecule has 10 heteroatoms. The molecule has 1 unspecified atom stereocenters. The number of sulfone groups is 1. The molecule has 0 aromatic carbocycles. The van der Waals surface area contributed by atoms with Gasteiger partial charge in [-0.3, -0.25) is 10.1 Å². The van der Waals surface area contributed by atoms with Crippen molar-refractivity contribution in [1.29, 1.82) is 0 Å². The van der Waals surface area contributed by atoms with Crippen molar-refractivity contribution >= 4 is 44.6 Å². The van der Waals surface area contributed by atoms with Crippen LogP contribution in [0.15, 0.2) is 0 Å². The van der Waals surface area contributed by atoms with Gasteiger partial charge in [-0.1, -0.05) is 31.1 Å². The van der Waals surface area contributed by atoms with Gasteiger partial charge in [0, 0.05) is 12.7 Å². The molecule has 1 atom stereocenters. The third-order valence-corrected chi connectivity index (χ3v) is 4.70. The molecule has 0 aliphatic carbocycles. The third kappa shape index (κ3) is 8.62. The third-order valence-electron chi connectivity index (χ3n) is 2.83. The van der Waals surface area contributed by atoms with E-state index in [0.29, 0.717) is 5.13 Å². The number of carbonyl (C=O) groups is 1. The first kappa shape index (κ1) is 21.2. The van der Waals surface area contributed by atoms with E-state index in [4.69, 9.17) is 5.73 Å². The molecule has 1 rings (SSSR count). The van der Waals surface area contributed by atoms with Crippen molar-refractivity contribution in [2.75, 3.05) is 17.3 Å². The summed E-state index contributed by atoms with van der Waals surface area (Å²) >= 11 is 1.32. The van der Waals surface area contributed by atoms with E-state index in [1.807, 2.05) is 0 Å². The summed E-state index contributed by atoms with van der Waals surface area (Å²) in [5, 5.41) is 11.7. The lowest BCUT2D eigenvalue weighted by Gasteiger charge is -2.09. The van der Waals surface area contributed by atoms with Crippen molar-refractivity contribution in [3.05, 3.63) is 5.01 Å². The van der Waals surface area contributed by atoms with Gasteiger partial charge < -0.3 is 5.73 Å². The Morgan fingerprint density at radius 1 is 1.36 bits per heavy atom. The fourth-order valence-corrected chi connectivity index (χ4v) is 3.07. The minimum atomic E-state index is -3.12. The maximum atomic E-state index is 11.8. The Hall–Kier alpha value is -0.770. The van der Waals surface area contributed by atoms with Crippen molar-refractivity contribution in [2.45, 2.75) is 45.1 Å². The zero-order valence-corrected chi connectivity index (χ0v) is 15.2. The highest BCUT2D eigenvalue weighted by Crippen LogP contribution is 2.17. The molecule has 0 spiro atoms. The number of amides is 1. The molecule has 0 fully saturated rings. The smallest absolute Gasteiger partial charge is 0.243 e. The van der Waals surface area contributed by atoms with Crippen LogP contribution in [-0.4, -0.2) is 42.6 Å². The summed E-state index contributed by atoms with van der Waals surface area (Å²) in [4.78, 5) is 11.8. The second-order valence-corrected chi connectivity index (χ2v) is 8.29. The first-order valence-electron chi connectivity index (χ1n) is 6.88. The number of aromatic nitrogens is 2. The van der Waals surface area contributed by atoms with E-state index in [0.717, 1.165) is 36.9 Å². The van der Waals surface area contributed by atoms with E-state index in [9.17, 15) is 13.2 Å². The number of nitrogens with zero attached hydrogens (tertiary/aromatic N) is 2. The van der Waals surface area contributed by atoms with E-state index >= 15 is 0 Å². The molecule has 1 aromatic rings. The van der Waals surface area contributed by atoms with Gasteiger partial charge in [-0.05, 0) is 12.8 Å². The zero-order valence-electron chi connectivity index (χ0n) is 12.7. The van der Waals surface area contributed by atoms with Crippen LogP contribution in [0, 0.1) is 0 Å². The molecule has 0 bridgehead atoms. The Bertz CT molecular complexity index is 562. The van der Waals surface area contributed by atoms with E-state index in [1.165, 1.54) is 11.3 Å². The van der Waals surface area contributed by atoms with E-state index in [1.54, 1.807) is 0 Å². The monoisotopic (exact) mass is 370 g/mol. The van der Waals surface area contributed by atoms with Gasteiger partial charge in [0.25, 0.3) is 0 Å². The fourth-order valence-electron chi connectivity index (χ4n) is 1.60. The standard InChI is InChI=1S/C12H22N4O3S2.ClH/c1-3-4-5-6-10-15-16-12(20-10)14-11(17)9(13)7-8-21(2,18)19;/h9H,3-8,13H2,1-2H3,(H,14,16,17);1H. The maximum Gasteiger partial charge on any atom is 0.243 e. The normalized spacial score (nSPS) is 12.5. The SMILES string of the molecule is CCCCCc1nnc(NC(=O)C(N)CCS(C)(=O)=O)s1.Cl. The Morgan fingerprint density at radius 2 is 2.05 bits per heavy atom. The molecule has 1 heterocycles. The van der Waals surface area contributed by atoms with Crippen molar-refractivity contribution in [3.8, 4) is 0 Å². The molecule has 0 saturated carbocycles. The number of nitrogens with one attached hydrogen (secondary N) is 1. The van der Waals surface area contributed by atoms with Crippen LogP contribution in [0.2, 0.25) is 0 Å². The van der Waals surface area contributed by atoms with Gasteiger partial charge in [-0.25, -0.2) is 8.42 Å². The lowest BCUT2D eigenvalue weighted by Crippen LogP contribution is -2.37. The number of halogens is 1. The van der Waals surface area contributed by atoms with E-state index in [2.05, 4.69) is 22.4 Å². The molecule has 0 radical (unpaired) electrons. The predicted molar refractivity (Wildman–Crippen MR) is 91.3 cm³/mol. The van der Waals surface area contributed by atoms with Crippen LogP contribution < -0.4 is 11.1 Å². The summed E-state index contributed by atoms with van der Waals surface area (Å²) in [5.74, 6) is -0.546. The van der Waals surface area contributed by atoms with E-state index in [-0.39, 0.29) is 24.6 Å². The Labute approximate surface area is 141 Å². The molecule has 0 aliphatic rings. The molecular weight excluding hydrogens is 348 g/mol. The number of unbranched alkanes of at least 4 members (excludes halogenated alkanes) is 2. The van der Waals surface area contributed by atoms with Crippen LogP contribution in [-0.2, 0) is 21.1 Å². The number of hydrogen-bond donors (Lipinski definition) is 2. The Morgan fingerprint density at radius 3 is 2.64 bits per heavy atom. The molecule has 0 aliphatic heterocycles. The second-order valence-electron chi connectivity index (χ2n) is 4.97. The molecule has 1 aromatic heterocycles. The van der Waals surface area contributed by atoms with Crippen molar-refractivity contribution < 1.29 is 13.2 Å². The van der Waals surface area contributed by atoms with Crippen LogP contribution in [0.4, 0.5) is 5.13 Å². The first-order valence-corrected chi connectivity index (χ1v) is 9.76. The topological polar surface area (TPSA) is 115 Å². The fraction of sp³-hybridized carbons (Fsp3) is 0.750. The van der Waals surface area contributed by atoms with Gasteiger partial charge in [-0.15, -0.1) is 22.6 Å². The summed E-state index contributed by atoms with van der Waals surface area (Å²) in [6.45, 7) is 2.13. The van der Waals surface area contributed by atoms with Crippen molar-refractivity contribution in [1.82, 2.24) is 10.2 Å². The average molecular weight is 371 g/mol. The average Bonchev–Trinajstić information content (AvgIpc) is 2.83. The van der Waals surface area contributed by atoms with Gasteiger partial charge in [0.2, 0.25) is 11.0 Å². The summed E-state index contributed by atoms with van der Waals surface area (Å²) in [6, 6.07) is -0.868. The minimum Gasteiger partial charge on any atom is -0.320 e. The van der Waals surface area contributed by atoms with Gasteiger partial charge >= 0.3 is 0 Å². The lowest BCUT2D eigenvalue weighted by atomic mass is 10.2. The molecular formula is C12H23ClN4O3S2. The second kappa shape index (κ2) is 10.1. The number of nitrogens with two attached hydrogens (primary N) is 1. The van der Waals surface area contributed by atoms with Gasteiger partial charge in [0.05, 0.1) is 11.8 Å². The number of rotatable bonds is 9. The summed E-state index contributed by atoms with van der Waals surface area (Å²) in [7, 11) is -3.12. The van der Waals surface area contributed by atoms with Gasteiger partial charge in [0.1, 0.15) is 14.8 Å². The van der Waals surface area contributed by atoms with Crippen LogP contribution in [0.3, 0.4) is 0 Å². The minimum absolute atomic E-state index is 0. The van der Waals surface area contributed by atoms with Crippen LogP contribution >= 0.6 is 23.7 Å². The summed E-state index contributed by atoms with van der Waals surface area (Å²) in [5.41, 5.74) is 5.66. The molecule has 0 saturated heterocycles. The van der Waals surface area contributed by atoms with Crippen LogP contribution in [0.1, 0.15) is 37.6 Å². The Balaban J connectivity index is 0.00000441. The molecule has 22 heavy (non-hydrogen) atoms. The summed E-state index contributed by atoms with van der Waals surface area (Å²) < 4.78 is 22.1. The largest absolute Gasteiger partial charge is 0.320 e. The van der Waals surface area contributed by atoms with Crippen molar-refractivity contribution in [2.24, 2.45) is 5.73 Å². The van der Waals surface area contributed by atoms with E-state index < -0.39 is 21.8 Å². The van der Waals surface area contributed by atoms with Gasteiger partial charge in [-0.2, -0.15) is 0 Å². The zero-order chi connectivity index (χ0) is 15.9. The highest BCUT2D eigenvalue weighted by molar-refractivity contribution is 7.90. The van der Waals surface area contributed by atoms with Crippen LogP contribution in [0.5, 0.6) is 0 Å². The molecule has 7 nitrogen and oxygen atoms in total. The van der Waals surface area contributed by atoms with Gasteiger partial charge in [0.15, 0.2) is 0 Å². The molecule has 128 valence electrons. The summed E-state index contributed by atoms with van der Waals surface area (Å²) in [6.07, 6.45) is 5.38. The predicted octanol–water partition coefficient (Wildman–Crippen LogP) is 1.39. The van der Waals surface area contributed by atoms with Crippen molar-refractivity contribution in [3.63, 3.8) is 0 Å². The number of hydrogen-bond acceptors (Lipinski definition) is 7. The Kier molecular flexibility index (Phi) is 9.74. The number of anilines is 1. The molecule has 1 amide bonds. The highest BCUT2D eigenvalue weighted by Gasteiger charge is 2.17. The van der Waals surface area contributed by atoms with Crippen LogP contribution in [0.25, 0.3) is 0 Å². The lowest BCUT2D eigenvalue weighted by molar-refractivity contribution is -0.117. The number of aryl methyl sites for hydroxylation is 1. The number of carbonyl (C=O) groups excluding carboxylic acids is 1.